The summed E-state index contributed by atoms with van der Waals surface area (Å²) in [7, 11) is 4.29. The van der Waals surface area contributed by atoms with E-state index in [1.807, 2.05) is 0 Å². The van der Waals surface area contributed by atoms with Crippen molar-refractivity contribution in [3.8, 4) is 11.8 Å². The molecule has 1 heterocycles. The van der Waals surface area contributed by atoms with Gasteiger partial charge >= 0.3 is 0 Å². The third-order valence-corrected chi connectivity index (χ3v) is 8.66. The Morgan fingerprint density at radius 1 is 0.574 bits per heavy atom. The lowest BCUT2D eigenvalue weighted by Gasteiger charge is -2.36. The minimum Gasteiger partial charge on any atom is -0.358 e. The first-order valence-corrected chi connectivity index (χ1v) is 19.7. The molecule has 1 radical (unpaired) electrons. The number of unbranched alkanes of at least 4 members (excludes halogenated alkanes) is 12. The second-order valence-corrected chi connectivity index (χ2v) is 13.6. The van der Waals surface area contributed by atoms with E-state index >= 15 is 0 Å². The van der Waals surface area contributed by atoms with Gasteiger partial charge in [0.15, 0.2) is 0 Å². The monoisotopic (exact) mass is 645 g/mol. The zero-order valence-corrected chi connectivity index (χ0v) is 31.4. The van der Waals surface area contributed by atoms with Gasteiger partial charge < -0.3 is 9.64 Å². The largest absolute Gasteiger partial charge is 0.358 e. The van der Waals surface area contributed by atoms with Gasteiger partial charge in [0, 0.05) is 19.4 Å². The van der Waals surface area contributed by atoms with E-state index in [2.05, 4.69) is 124 Å². The van der Waals surface area contributed by atoms with E-state index in [1.54, 1.807) is 0 Å². The number of hydrogen-bond donors (Lipinski definition) is 0. The first kappa shape index (κ1) is 42.9. The quantitative estimate of drug-likeness (QED) is 0.0423. The lowest BCUT2D eigenvalue weighted by Crippen LogP contribution is -2.39. The third-order valence-electron chi connectivity index (χ3n) is 8.66. The van der Waals surface area contributed by atoms with Crippen molar-refractivity contribution >= 4 is 0 Å². The molecule has 0 saturated carbocycles. The van der Waals surface area contributed by atoms with Crippen LogP contribution in [0.1, 0.15) is 162 Å². The first-order chi connectivity index (χ1) is 23.1. The molecule has 0 aromatic rings. The fraction of sp³-hybridized carbons (Fsp3) is 0.667. The summed E-state index contributed by atoms with van der Waals surface area (Å²) >= 11 is 0. The van der Waals surface area contributed by atoms with Crippen molar-refractivity contribution in [1.82, 2.24) is 4.90 Å². The number of nitrogens with zero attached hydrogens (tertiary/aromatic N) is 1. The van der Waals surface area contributed by atoms with E-state index in [9.17, 15) is 0 Å². The van der Waals surface area contributed by atoms with Gasteiger partial charge in [-0.3, -0.25) is 0 Å². The molecule has 0 saturated heterocycles. The molecule has 0 bridgehead atoms. The van der Waals surface area contributed by atoms with Gasteiger partial charge in [0.1, 0.15) is 5.60 Å². The van der Waals surface area contributed by atoms with E-state index < -0.39 is 0 Å². The molecular formula is C45H74NO. The van der Waals surface area contributed by atoms with Gasteiger partial charge in [-0.1, -0.05) is 137 Å². The maximum absolute atomic E-state index is 6.76. The summed E-state index contributed by atoms with van der Waals surface area (Å²) < 4.78 is 6.76. The molecule has 1 aliphatic heterocycles. The molecule has 0 spiro atoms. The first-order valence-electron chi connectivity index (χ1n) is 19.7. The molecule has 47 heavy (non-hydrogen) atoms. The van der Waals surface area contributed by atoms with Crippen LogP contribution in [0.2, 0.25) is 0 Å². The zero-order chi connectivity index (χ0) is 33.9. The molecule has 2 heteroatoms. The van der Waals surface area contributed by atoms with Gasteiger partial charge in [0.25, 0.3) is 0 Å². The van der Waals surface area contributed by atoms with E-state index in [0.717, 1.165) is 64.3 Å². The molecule has 0 fully saturated rings. The van der Waals surface area contributed by atoms with Gasteiger partial charge in [-0.25, -0.2) is 0 Å². The van der Waals surface area contributed by atoms with Crippen LogP contribution < -0.4 is 0 Å². The highest BCUT2D eigenvalue weighted by Crippen LogP contribution is 2.31. The van der Waals surface area contributed by atoms with E-state index in [0.29, 0.717) is 0 Å². The van der Waals surface area contributed by atoms with Crippen LogP contribution in [-0.4, -0.2) is 37.2 Å². The van der Waals surface area contributed by atoms with Crippen molar-refractivity contribution in [2.24, 2.45) is 0 Å². The Kier molecular flexibility index (Phi) is 29.7. The molecule has 0 aromatic heterocycles. The van der Waals surface area contributed by atoms with Gasteiger partial charge in [-0.05, 0) is 117 Å². The standard InChI is InChI=1S/C45H74NO/c1-5-7-9-11-13-15-17-19-21-23-25-27-29-31-33-35-40-45(42-37-38-44(47-45)39-43-46(3)4)41-36-34-32-30-28-26-24-22-20-18-16-14-12-10-8-6-2/h13-16,19-22,25-28,40,44H,5-12,17-18,23-24,29-36,38-39,41,43H2,1-4H3/b15-13-,16-14-,21-19-,22-20-,27-25-,28-26-. The van der Waals surface area contributed by atoms with Crippen molar-refractivity contribution in [2.75, 3.05) is 20.6 Å². The molecule has 0 aromatic carbocycles. The van der Waals surface area contributed by atoms with Gasteiger partial charge in [0.2, 0.25) is 0 Å². The Bertz CT molecular complexity index is 883. The fourth-order valence-corrected chi connectivity index (χ4v) is 5.72. The Morgan fingerprint density at radius 2 is 1.02 bits per heavy atom. The summed E-state index contributed by atoms with van der Waals surface area (Å²) in [4.78, 5) is 2.25. The minimum atomic E-state index is -0.356. The lowest BCUT2D eigenvalue weighted by atomic mass is 9.87. The van der Waals surface area contributed by atoms with Crippen molar-refractivity contribution in [1.29, 1.82) is 0 Å². The lowest BCUT2D eigenvalue weighted by molar-refractivity contribution is -0.0534. The number of allylic oxidation sites excluding steroid dienone is 12. The summed E-state index contributed by atoms with van der Waals surface area (Å²) in [6.07, 6.45) is 57.5. The highest BCUT2D eigenvalue weighted by atomic mass is 16.5. The third kappa shape index (κ3) is 27.6. The van der Waals surface area contributed by atoms with Crippen LogP contribution in [0.15, 0.2) is 72.9 Å². The molecular weight excluding hydrogens is 571 g/mol. The van der Waals surface area contributed by atoms with Crippen LogP contribution in [0.25, 0.3) is 0 Å². The van der Waals surface area contributed by atoms with E-state index in [1.165, 1.54) is 89.9 Å². The van der Waals surface area contributed by atoms with Crippen LogP contribution in [0.3, 0.4) is 0 Å². The average Bonchev–Trinajstić information content (AvgIpc) is 3.07. The summed E-state index contributed by atoms with van der Waals surface area (Å²) in [6, 6.07) is 0. The fourth-order valence-electron chi connectivity index (χ4n) is 5.72. The molecule has 2 nitrogen and oxygen atoms in total. The molecule has 265 valence electrons. The van der Waals surface area contributed by atoms with Gasteiger partial charge in [0.05, 0.1) is 6.10 Å². The summed E-state index contributed by atoms with van der Waals surface area (Å²) in [5, 5.41) is 0. The minimum absolute atomic E-state index is 0.245. The number of hydrogen-bond acceptors (Lipinski definition) is 2. The Hall–Kier alpha value is -2.08. The summed E-state index contributed by atoms with van der Waals surface area (Å²) in [6.45, 7) is 5.57. The normalized spacial score (nSPS) is 16.7. The Morgan fingerprint density at radius 3 is 1.51 bits per heavy atom. The molecule has 0 amide bonds. The SMILES string of the molecule is CCCCC/C=C\C/C=C\C/C=C\CCCC[CH]C1(CCCCC/C=C\C/C=C\C/C=C\CCCCC)C#CCC(CCN(C)C)O1. The van der Waals surface area contributed by atoms with Crippen molar-refractivity contribution in [2.45, 2.75) is 173 Å². The van der Waals surface area contributed by atoms with Crippen molar-refractivity contribution in [3.05, 3.63) is 79.3 Å². The molecule has 0 aliphatic carbocycles. The molecule has 0 N–H and O–H groups in total. The predicted molar refractivity (Wildman–Crippen MR) is 211 cm³/mol. The van der Waals surface area contributed by atoms with Crippen LogP contribution in [0.5, 0.6) is 0 Å². The van der Waals surface area contributed by atoms with Crippen LogP contribution >= 0.6 is 0 Å². The van der Waals surface area contributed by atoms with Crippen LogP contribution in [-0.2, 0) is 4.74 Å². The van der Waals surface area contributed by atoms with Crippen molar-refractivity contribution in [3.63, 3.8) is 0 Å². The second-order valence-electron chi connectivity index (χ2n) is 13.6. The van der Waals surface area contributed by atoms with Crippen LogP contribution in [0, 0.1) is 18.3 Å². The van der Waals surface area contributed by atoms with Gasteiger partial charge in [-0.15, -0.1) is 0 Å². The maximum atomic E-state index is 6.76. The maximum Gasteiger partial charge on any atom is 0.132 e. The predicted octanol–water partition coefficient (Wildman–Crippen LogP) is 13.2. The number of rotatable bonds is 31. The Balaban J connectivity index is 2.31. The van der Waals surface area contributed by atoms with E-state index in [-0.39, 0.29) is 11.7 Å². The topological polar surface area (TPSA) is 12.5 Å². The molecule has 1 rings (SSSR count). The Labute approximate surface area is 294 Å². The van der Waals surface area contributed by atoms with E-state index in [4.69, 9.17) is 4.74 Å². The van der Waals surface area contributed by atoms with Crippen LogP contribution in [0.4, 0.5) is 0 Å². The highest BCUT2D eigenvalue weighted by Gasteiger charge is 2.33. The average molecular weight is 645 g/mol. The molecule has 2 atom stereocenters. The summed E-state index contributed by atoms with van der Waals surface area (Å²) in [5.41, 5.74) is -0.356. The number of ether oxygens (including phenoxy) is 1. The van der Waals surface area contributed by atoms with Gasteiger partial charge in [-0.2, -0.15) is 0 Å². The smallest absolute Gasteiger partial charge is 0.132 e. The molecule has 1 aliphatic rings. The van der Waals surface area contributed by atoms with Crippen molar-refractivity contribution < 1.29 is 4.74 Å². The second kappa shape index (κ2) is 32.5. The molecule has 2 unspecified atom stereocenters. The highest BCUT2D eigenvalue weighted by molar-refractivity contribution is 5.24. The summed E-state index contributed by atoms with van der Waals surface area (Å²) in [5.74, 6) is 7.05. The zero-order valence-electron chi connectivity index (χ0n) is 31.4.